The monoisotopic (exact) mass is 426 g/mol. The number of hydrogen-bond acceptors (Lipinski definition) is 6. The minimum atomic E-state index is -0.979. The fourth-order valence-corrected chi connectivity index (χ4v) is 2.65. The van der Waals surface area contributed by atoms with E-state index in [-0.39, 0.29) is 5.75 Å². The first-order valence-electron chi connectivity index (χ1n) is 9.50. The number of esters is 1. The molecule has 3 aromatic rings. The number of nitriles is 1. The first-order chi connectivity index (χ1) is 15.5. The molecule has 0 aromatic heterocycles. The highest BCUT2D eigenvalue weighted by Gasteiger charge is 2.15. The van der Waals surface area contributed by atoms with Gasteiger partial charge in [0.1, 0.15) is 5.75 Å². The molecule has 0 radical (unpaired) electrons. The van der Waals surface area contributed by atoms with Crippen molar-refractivity contribution in [1.82, 2.24) is 5.43 Å². The molecule has 0 aliphatic heterocycles. The Hall–Kier alpha value is -4.77. The molecule has 2 N–H and O–H groups in total. The molecule has 0 saturated carbocycles. The Labute approximate surface area is 184 Å². The van der Waals surface area contributed by atoms with E-state index in [0.29, 0.717) is 28.1 Å². The Bertz CT molecular complexity index is 1210. The zero-order valence-electron chi connectivity index (χ0n) is 17.0. The van der Waals surface area contributed by atoms with Gasteiger partial charge in [-0.05, 0) is 55.5 Å². The third kappa shape index (κ3) is 5.64. The van der Waals surface area contributed by atoms with Crippen LogP contribution in [-0.4, -0.2) is 23.5 Å². The molecule has 32 heavy (non-hydrogen) atoms. The summed E-state index contributed by atoms with van der Waals surface area (Å²) in [4.78, 5) is 36.5. The predicted molar refractivity (Wildman–Crippen MR) is 118 cm³/mol. The van der Waals surface area contributed by atoms with E-state index in [9.17, 15) is 14.4 Å². The van der Waals surface area contributed by atoms with Gasteiger partial charge in [-0.25, -0.2) is 10.2 Å². The Kier molecular flexibility index (Phi) is 7.07. The van der Waals surface area contributed by atoms with Crippen LogP contribution in [0.2, 0.25) is 0 Å². The van der Waals surface area contributed by atoms with Crippen molar-refractivity contribution in [2.45, 2.75) is 6.92 Å². The predicted octanol–water partition coefficient (Wildman–Crippen LogP) is 3.26. The maximum absolute atomic E-state index is 12.4. The summed E-state index contributed by atoms with van der Waals surface area (Å²) in [6.07, 6.45) is 0. The molecule has 0 aliphatic rings. The van der Waals surface area contributed by atoms with Gasteiger partial charge in [-0.1, -0.05) is 30.3 Å². The summed E-state index contributed by atoms with van der Waals surface area (Å²) >= 11 is 0. The molecule has 2 amide bonds. The molecule has 8 nitrogen and oxygen atoms in total. The standard InChI is InChI=1S/C24H18N4O4/c1-16(27-28-23(30)22(29)26-19-13-11-17(15-25)12-14-19)20-9-5-6-10-21(20)32-24(31)18-7-3-2-4-8-18/h2-14H,1H3,(H,26,29)(H,28,30)/b27-16+. The number of para-hydroxylation sites is 1. The quantitative estimate of drug-likeness (QED) is 0.213. The Morgan fingerprint density at radius 2 is 1.53 bits per heavy atom. The van der Waals surface area contributed by atoms with Crippen LogP contribution in [-0.2, 0) is 9.59 Å². The lowest BCUT2D eigenvalue weighted by Crippen LogP contribution is -2.33. The van der Waals surface area contributed by atoms with E-state index in [0.717, 1.165) is 0 Å². The SMILES string of the molecule is C/C(=N\NC(=O)C(=O)Nc1ccc(C#N)cc1)c1ccccc1OC(=O)c1ccccc1. The van der Waals surface area contributed by atoms with Gasteiger partial charge in [-0.3, -0.25) is 9.59 Å². The molecule has 0 fully saturated rings. The molecular formula is C24H18N4O4. The number of carbonyl (C=O) groups excluding carboxylic acids is 3. The Morgan fingerprint density at radius 3 is 2.22 bits per heavy atom. The van der Waals surface area contributed by atoms with Crippen molar-refractivity contribution >= 4 is 29.2 Å². The molecule has 3 rings (SSSR count). The second-order valence-electron chi connectivity index (χ2n) is 6.53. The van der Waals surface area contributed by atoms with Gasteiger partial charge in [0.2, 0.25) is 0 Å². The van der Waals surface area contributed by atoms with Crippen molar-refractivity contribution in [1.29, 1.82) is 5.26 Å². The van der Waals surface area contributed by atoms with Crippen LogP contribution in [0.1, 0.15) is 28.4 Å². The van der Waals surface area contributed by atoms with E-state index in [1.54, 1.807) is 61.5 Å². The van der Waals surface area contributed by atoms with E-state index in [2.05, 4.69) is 15.8 Å². The second kappa shape index (κ2) is 10.3. The van der Waals surface area contributed by atoms with Crippen LogP contribution < -0.4 is 15.5 Å². The highest BCUT2D eigenvalue weighted by atomic mass is 16.5. The number of hydrazone groups is 1. The van der Waals surface area contributed by atoms with Crippen LogP contribution in [0.3, 0.4) is 0 Å². The van der Waals surface area contributed by atoms with Crippen LogP contribution >= 0.6 is 0 Å². The first-order valence-corrected chi connectivity index (χ1v) is 9.50. The summed E-state index contributed by atoms with van der Waals surface area (Å²) in [5, 5.41) is 15.2. The summed E-state index contributed by atoms with van der Waals surface area (Å²) in [5.74, 6) is -2.17. The van der Waals surface area contributed by atoms with Gasteiger partial charge in [0.25, 0.3) is 0 Å². The van der Waals surface area contributed by atoms with Gasteiger partial charge < -0.3 is 10.1 Å². The molecule has 0 aliphatic carbocycles. The topological polar surface area (TPSA) is 121 Å². The second-order valence-corrected chi connectivity index (χ2v) is 6.53. The molecule has 8 heteroatoms. The molecule has 0 heterocycles. The lowest BCUT2D eigenvalue weighted by molar-refractivity contribution is -0.136. The van der Waals surface area contributed by atoms with Crippen molar-refractivity contribution < 1.29 is 19.1 Å². The van der Waals surface area contributed by atoms with Crippen molar-refractivity contribution in [3.05, 3.63) is 95.6 Å². The maximum atomic E-state index is 12.4. The fraction of sp³-hybridized carbons (Fsp3) is 0.0417. The van der Waals surface area contributed by atoms with Crippen molar-refractivity contribution in [2.75, 3.05) is 5.32 Å². The minimum Gasteiger partial charge on any atom is -0.422 e. The molecule has 0 unspecified atom stereocenters. The van der Waals surface area contributed by atoms with Crippen molar-refractivity contribution in [3.8, 4) is 11.8 Å². The van der Waals surface area contributed by atoms with E-state index >= 15 is 0 Å². The molecular weight excluding hydrogens is 408 g/mol. The number of carbonyl (C=O) groups is 3. The third-order valence-electron chi connectivity index (χ3n) is 4.29. The van der Waals surface area contributed by atoms with Gasteiger partial charge in [-0.15, -0.1) is 0 Å². The van der Waals surface area contributed by atoms with Gasteiger partial charge >= 0.3 is 17.8 Å². The Balaban J connectivity index is 1.66. The number of hydrogen-bond donors (Lipinski definition) is 2. The maximum Gasteiger partial charge on any atom is 0.343 e. The smallest absolute Gasteiger partial charge is 0.343 e. The Morgan fingerprint density at radius 1 is 0.875 bits per heavy atom. The summed E-state index contributed by atoms with van der Waals surface area (Å²) in [5.41, 5.74) is 4.18. The molecule has 0 bridgehead atoms. The average Bonchev–Trinajstić information content (AvgIpc) is 2.83. The number of benzene rings is 3. The van der Waals surface area contributed by atoms with Crippen molar-refractivity contribution in [3.63, 3.8) is 0 Å². The first kappa shape index (κ1) is 21.9. The van der Waals surface area contributed by atoms with Crippen LogP contribution in [0.25, 0.3) is 0 Å². The summed E-state index contributed by atoms with van der Waals surface area (Å²) < 4.78 is 5.47. The minimum absolute atomic E-state index is 0.263. The molecule has 0 atom stereocenters. The number of amides is 2. The van der Waals surface area contributed by atoms with Crippen LogP contribution in [0.5, 0.6) is 5.75 Å². The van der Waals surface area contributed by atoms with Gasteiger partial charge in [0.05, 0.1) is 22.9 Å². The number of anilines is 1. The highest BCUT2D eigenvalue weighted by Crippen LogP contribution is 2.20. The zero-order valence-corrected chi connectivity index (χ0v) is 17.0. The van der Waals surface area contributed by atoms with E-state index in [1.165, 1.54) is 24.3 Å². The van der Waals surface area contributed by atoms with Crippen molar-refractivity contribution in [2.24, 2.45) is 5.10 Å². The van der Waals surface area contributed by atoms with E-state index < -0.39 is 17.8 Å². The van der Waals surface area contributed by atoms with Crippen LogP contribution in [0.15, 0.2) is 84.0 Å². The molecule has 158 valence electrons. The molecule has 3 aromatic carbocycles. The largest absolute Gasteiger partial charge is 0.422 e. The molecule has 0 saturated heterocycles. The lowest BCUT2D eigenvalue weighted by atomic mass is 10.1. The third-order valence-corrected chi connectivity index (χ3v) is 4.29. The average molecular weight is 426 g/mol. The van der Waals surface area contributed by atoms with Crippen LogP contribution in [0, 0.1) is 11.3 Å². The van der Waals surface area contributed by atoms with Gasteiger partial charge in [0.15, 0.2) is 0 Å². The number of rotatable bonds is 5. The fourth-order valence-electron chi connectivity index (χ4n) is 2.65. The molecule has 0 spiro atoms. The van der Waals surface area contributed by atoms with E-state index in [1.807, 2.05) is 6.07 Å². The lowest BCUT2D eigenvalue weighted by Gasteiger charge is -2.10. The summed E-state index contributed by atoms with van der Waals surface area (Å²) in [7, 11) is 0. The zero-order chi connectivity index (χ0) is 22.9. The summed E-state index contributed by atoms with van der Waals surface area (Å²) in [6.45, 7) is 1.61. The normalized spacial score (nSPS) is 10.6. The van der Waals surface area contributed by atoms with Crippen LogP contribution in [0.4, 0.5) is 5.69 Å². The summed E-state index contributed by atoms with van der Waals surface area (Å²) in [6, 6.07) is 23.3. The van der Waals surface area contributed by atoms with E-state index in [4.69, 9.17) is 10.00 Å². The van der Waals surface area contributed by atoms with Gasteiger partial charge in [-0.2, -0.15) is 10.4 Å². The van der Waals surface area contributed by atoms with Gasteiger partial charge in [0, 0.05) is 11.3 Å². The number of ether oxygens (including phenoxy) is 1. The number of nitrogens with one attached hydrogen (secondary N) is 2. The highest BCUT2D eigenvalue weighted by molar-refractivity contribution is 6.39. The number of nitrogens with zero attached hydrogens (tertiary/aromatic N) is 2.